The maximum Gasteiger partial charge on any atom is 0.240 e. The van der Waals surface area contributed by atoms with Crippen molar-refractivity contribution < 1.29 is 4.79 Å². The molecule has 0 radical (unpaired) electrons. The maximum absolute atomic E-state index is 11.9. The van der Waals surface area contributed by atoms with E-state index in [0.29, 0.717) is 5.25 Å². The second kappa shape index (κ2) is 4.39. The van der Waals surface area contributed by atoms with Crippen molar-refractivity contribution in [2.75, 3.05) is 0 Å². The molecule has 0 spiro atoms. The van der Waals surface area contributed by atoms with E-state index < -0.39 is 0 Å². The van der Waals surface area contributed by atoms with E-state index in [2.05, 4.69) is 20.4 Å². The molecule has 0 aliphatic carbocycles. The second-order valence-electron chi connectivity index (χ2n) is 4.25. The zero-order valence-electron chi connectivity index (χ0n) is 9.41. The van der Waals surface area contributed by atoms with Crippen molar-refractivity contribution in [1.29, 1.82) is 0 Å². The first-order valence-electron chi connectivity index (χ1n) is 5.09. The Labute approximate surface area is 90.7 Å². The van der Waals surface area contributed by atoms with E-state index in [-0.39, 0.29) is 17.2 Å². The SMILES string of the molecule is C=C1CC(SC(C)C)C(=O)N1C(C)C. The van der Waals surface area contributed by atoms with Gasteiger partial charge in [0.05, 0.1) is 5.25 Å². The number of likely N-dealkylation sites (tertiary alicyclic amines) is 1. The van der Waals surface area contributed by atoms with Crippen LogP contribution in [0.15, 0.2) is 12.3 Å². The molecule has 1 amide bonds. The Morgan fingerprint density at radius 1 is 1.43 bits per heavy atom. The third-order valence-electron chi connectivity index (χ3n) is 2.23. The molecule has 0 saturated carbocycles. The highest BCUT2D eigenvalue weighted by Crippen LogP contribution is 2.33. The molecule has 1 rings (SSSR count). The molecule has 14 heavy (non-hydrogen) atoms. The Morgan fingerprint density at radius 2 is 2.00 bits per heavy atom. The molecule has 0 aromatic carbocycles. The minimum atomic E-state index is 0.102. The number of amides is 1. The number of thioether (sulfide) groups is 1. The largest absolute Gasteiger partial charge is 0.313 e. The van der Waals surface area contributed by atoms with E-state index in [1.165, 1.54) is 0 Å². The van der Waals surface area contributed by atoms with E-state index in [1.807, 2.05) is 18.7 Å². The van der Waals surface area contributed by atoms with Gasteiger partial charge < -0.3 is 4.90 Å². The fraction of sp³-hybridized carbons (Fsp3) is 0.727. The highest BCUT2D eigenvalue weighted by atomic mass is 32.2. The first-order valence-corrected chi connectivity index (χ1v) is 6.04. The molecule has 2 nitrogen and oxygen atoms in total. The van der Waals surface area contributed by atoms with Gasteiger partial charge in [-0.3, -0.25) is 4.79 Å². The minimum absolute atomic E-state index is 0.102. The van der Waals surface area contributed by atoms with Crippen molar-refractivity contribution in [1.82, 2.24) is 4.90 Å². The normalized spacial score (nSPS) is 23.0. The Hall–Kier alpha value is -0.440. The zero-order chi connectivity index (χ0) is 10.9. The number of allylic oxidation sites excluding steroid dienone is 1. The number of hydrogen-bond donors (Lipinski definition) is 0. The highest BCUT2D eigenvalue weighted by molar-refractivity contribution is 8.01. The molecule has 1 aliphatic rings. The molecule has 1 atom stereocenters. The minimum Gasteiger partial charge on any atom is -0.313 e. The van der Waals surface area contributed by atoms with E-state index in [1.54, 1.807) is 11.8 Å². The summed E-state index contributed by atoms with van der Waals surface area (Å²) >= 11 is 1.74. The van der Waals surface area contributed by atoms with Crippen LogP contribution in [-0.4, -0.2) is 27.3 Å². The first kappa shape index (κ1) is 11.6. The van der Waals surface area contributed by atoms with Gasteiger partial charge in [-0.15, -0.1) is 11.8 Å². The van der Waals surface area contributed by atoms with E-state index >= 15 is 0 Å². The number of hydrogen-bond acceptors (Lipinski definition) is 2. The van der Waals surface area contributed by atoms with Crippen LogP contribution in [0.4, 0.5) is 0 Å². The Kier molecular flexibility index (Phi) is 3.65. The second-order valence-corrected chi connectivity index (χ2v) is 6.03. The maximum atomic E-state index is 11.9. The van der Waals surface area contributed by atoms with Crippen molar-refractivity contribution in [3.05, 3.63) is 12.3 Å². The number of rotatable bonds is 3. The summed E-state index contributed by atoms with van der Waals surface area (Å²) in [5.41, 5.74) is 0.975. The van der Waals surface area contributed by atoms with Crippen molar-refractivity contribution in [3.8, 4) is 0 Å². The van der Waals surface area contributed by atoms with E-state index in [9.17, 15) is 4.79 Å². The number of nitrogens with zero attached hydrogens (tertiary/aromatic N) is 1. The zero-order valence-corrected chi connectivity index (χ0v) is 10.2. The molecular formula is C11H19NOS. The predicted octanol–water partition coefficient (Wildman–Crippen LogP) is 2.65. The summed E-state index contributed by atoms with van der Waals surface area (Å²) in [4.78, 5) is 13.8. The number of carbonyl (C=O) groups is 1. The van der Waals surface area contributed by atoms with Gasteiger partial charge in [-0.05, 0) is 19.1 Å². The van der Waals surface area contributed by atoms with Crippen LogP contribution in [0.3, 0.4) is 0 Å². The van der Waals surface area contributed by atoms with Crippen LogP contribution < -0.4 is 0 Å². The van der Waals surface area contributed by atoms with E-state index in [0.717, 1.165) is 12.1 Å². The lowest BCUT2D eigenvalue weighted by atomic mass is 10.3. The topological polar surface area (TPSA) is 20.3 Å². The third kappa shape index (κ3) is 2.32. The van der Waals surface area contributed by atoms with Crippen LogP contribution in [0, 0.1) is 0 Å². The quantitative estimate of drug-likeness (QED) is 0.718. The van der Waals surface area contributed by atoms with E-state index in [4.69, 9.17) is 0 Å². The van der Waals surface area contributed by atoms with Crippen LogP contribution in [0.1, 0.15) is 34.1 Å². The molecule has 0 aromatic heterocycles. The number of carbonyl (C=O) groups excluding carboxylic acids is 1. The molecule has 0 bridgehead atoms. The lowest BCUT2D eigenvalue weighted by Gasteiger charge is -2.22. The summed E-state index contributed by atoms with van der Waals surface area (Å²) in [6.45, 7) is 12.3. The van der Waals surface area contributed by atoms with Gasteiger partial charge >= 0.3 is 0 Å². The summed E-state index contributed by atoms with van der Waals surface area (Å²) < 4.78 is 0. The summed E-state index contributed by atoms with van der Waals surface area (Å²) in [6, 6.07) is 0.243. The molecule has 1 aliphatic heterocycles. The Balaban J connectivity index is 2.69. The van der Waals surface area contributed by atoms with Gasteiger partial charge in [0, 0.05) is 18.2 Å². The summed E-state index contributed by atoms with van der Waals surface area (Å²) in [6.07, 6.45) is 0.819. The summed E-state index contributed by atoms with van der Waals surface area (Å²) in [5.74, 6) is 0.240. The van der Waals surface area contributed by atoms with Crippen molar-refractivity contribution >= 4 is 17.7 Å². The van der Waals surface area contributed by atoms with Gasteiger partial charge in [-0.25, -0.2) is 0 Å². The summed E-state index contributed by atoms with van der Waals surface area (Å²) in [5, 5.41) is 0.605. The monoisotopic (exact) mass is 213 g/mol. The Morgan fingerprint density at radius 3 is 2.36 bits per heavy atom. The fourth-order valence-corrected chi connectivity index (χ4v) is 2.94. The lowest BCUT2D eigenvalue weighted by Crippen LogP contribution is -2.33. The lowest BCUT2D eigenvalue weighted by molar-refractivity contribution is -0.127. The van der Waals surface area contributed by atoms with Gasteiger partial charge in [0.2, 0.25) is 5.91 Å². The van der Waals surface area contributed by atoms with Gasteiger partial charge in [-0.1, -0.05) is 20.4 Å². The molecule has 1 unspecified atom stereocenters. The molecule has 1 fully saturated rings. The van der Waals surface area contributed by atoms with Crippen molar-refractivity contribution in [2.45, 2.75) is 50.7 Å². The predicted molar refractivity (Wildman–Crippen MR) is 62.3 cm³/mol. The van der Waals surface area contributed by atoms with Crippen molar-refractivity contribution in [2.24, 2.45) is 0 Å². The average Bonchev–Trinajstić information content (AvgIpc) is 2.25. The van der Waals surface area contributed by atoms with Crippen LogP contribution in [0.5, 0.6) is 0 Å². The molecule has 3 heteroatoms. The first-order chi connectivity index (χ1) is 6.43. The van der Waals surface area contributed by atoms with Crippen molar-refractivity contribution in [3.63, 3.8) is 0 Å². The summed E-state index contributed by atoms with van der Waals surface area (Å²) in [7, 11) is 0. The third-order valence-corrected chi connectivity index (χ3v) is 3.47. The smallest absolute Gasteiger partial charge is 0.240 e. The average molecular weight is 213 g/mol. The molecule has 0 N–H and O–H groups in total. The molecule has 80 valence electrons. The molecular weight excluding hydrogens is 194 g/mol. The standard InChI is InChI=1S/C11H19NOS/c1-7(2)12-9(5)6-10(11(12)13)14-8(3)4/h7-8,10H,5-6H2,1-4H3. The van der Waals surface area contributed by atoms with Gasteiger partial charge in [-0.2, -0.15) is 0 Å². The van der Waals surface area contributed by atoms with Gasteiger partial charge in [0.25, 0.3) is 0 Å². The molecule has 0 aromatic rings. The van der Waals surface area contributed by atoms with Crippen LogP contribution in [0.25, 0.3) is 0 Å². The van der Waals surface area contributed by atoms with Gasteiger partial charge in [0.1, 0.15) is 0 Å². The van der Waals surface area contributed by atoms with Crippen LogP contribution >= 0.6 is 11.8 Å². The molecule has 1 saturated heterocycles. The molecule has 1 heterocycles. The van der Waals surface area contributed by atoms with Crippen LogP contribution in [-0.2, 0) is 4.79 Å². The van der Waals surface area contributed by atoms with Gasteiger partial charge in [0.15, 0.2) is 0 Å². The van der Waals surface area contributed by atoms with Crippen LogP contribution in [0.2, 0.25) is 0 Å². The fourth-order valence-electron chi connectivity index (χ4n) is 1.77. The Bertz CT molecular complexity index is 248. The highest BCUT2D eigenvalue weighted by Gasteiger charge is 2.36.